The summed E-state index contributed by atoms with van der Waals surface area (Å²) < 4.78 is 14.9. The van der Waals surface area contributed by atoms with Crippen molar-refractivity contribution < 1.29 is 33.4 Å². The van der Waals surface area contributed by atoms with Gasteiger partial charge in [-0.2, -0.15) is 0 Å². The van der Waals surface area contributed by atoms with Crippen LogP contribution >= 0.6 is 23.5 Å². The summed E-state index contributed by atoms with van der Waals surface area (Å²) in [5.74, 6) is -2.22. The summed E-state index contributed by atoms with van der Waals surface area (Å²) in [6.45, 7) is 0.0838. The number of aromatic nitrogens is 1. The molecule has 2 N–H and O–H groups in total. The third-order valence-corrected chi connectivity index (χ3v) is 9.65. The number of benzene rings is 3. The number of nitrogens with one attached hydrogen (secondary N) is 2. The van der Waals surface area contributed by atoms with Crippen LogP contribution in [0.4, 0.5) is 0 Å². The van der Waals surface area contributed by atoms with Crippen LogP contribution in [-0.4, -0.2) is 49.1 Å². The summed E-state index contributed by atoms with van der Waals surface area (Å²) in [5, 5.41) is 3.81. The van der Waals surface area contributed by atoms with Gasteiger partial charge in [-0.3, -0.25) is 4.79 Å². The van der Waals surface area contributed by atoms with E-state index in [0.29, 0.717) is 5.56 Å². The van der Waals surface area contributed by atoms with Crippen LogP contribution in [0.2, 0.25) is 0 Å². The molecule has 1 aliphatic heterocycles. The molecule has 0 bridgehead atoms. The first-order valence-electron chi connectivity index (χ1n) is 13.3. The van der Waals surface area contributed by atoms with Crippen LogP contribution in [0.5, 0.6) is 0 Å². The molecule has 0 aliphatic carbocycles. The molecule has 5 rings (SSSR count). The first kappa shape index (κ1) is 30.0. The molecule has 220 valence electrons. The molecule has 0 fully saturated rings. The molecule has 1 aliphatic rings. The van der Waals surface area contributed by atoms with E-state index in [-0.39, 0.29) is 27.4 Å². The van der Waals surface area contributed by atoms with Crippen molar-refractivity contribution >= 4 is 58.2 Å². The number of rotatable bonds is 10. The van der Waals surface area contributed by atoms with Gasteiger partial charge in [0.15, 0.2) is 0 Å². The number of amides is 1. The number of carbonyl (C=O) groups is 4. The Balaban J connectivity index is 1.31. The number of para-hydroxylation sites is 1. The molecule has 3 aromatic carbocycles. The average molecular weight is 617 g/mol. The van der Waals surface area contributed by atoms with Crippen LogP contribution in [0.15, 0.2) is 94.9 Å². The molecule has 9 nitrogen and oxygen atoms in total. The lowest BCUT2D eigenvalue weighted by Crippen LogP contribution is -2.43. The fourth-order valence-electron chi connectivity index (χ4n) is 4.52. The molecule has 0 unspecified atom stereocenters. The molecule has 0 radical (unpaired) electrons. The minimum atomic E-state index is -0.939. The van der Waals surface area contributed by atoms with Crippen molar-refractivity contribution in [2.24, 2.45) is 0 Å². The number of esters is 3. The van der Waals surface area contributed by atoms with Gasteiger partial charge in [-0.05, 0) is 34.9 Å². The van der Waals surface area contributed by atoms with Crippen molar-refractivity contribution in [2.75, 3.05) is 14.2 Å². The van der Waals surface area contributed by atoms with E-state index >= 15 is 0 Å². The Hall–Kier alpha value is -4.48. The number of fused-ring (bicyclic) bond motifs is 1. The second-order valence-corrected chi connectivity index (χ2v) is 12.0. The van der Waals surface area contributed by atoms with Gasteiger partial charge in [0.1, 0.15) is 22.5 Å². The lowest BCUT2D eigenvalue weighted by molar-refractivity contribution is -0.147. The van der Waals surface area contributed by atoms with Gasteiger partial charge < -0.3 is 24.5 Å². The van der Waals surface area contributed by atoms with Crippen molar-refractivity contribution in [3.8, 4) is 0 Å². The maximum Gasteiger partial charge on any atom is 0.345 e. The van der Waals surface area contributed by atoms with Gasteiger partial charge in [0.25, 0.3) is 5.91 Å². The third-order valence-electron chi connectivity index (χ3n) is 6.76. The molecular formula is C32H28N2O7S2. The highest BCUT2D eigenvalue weighted by atomic mass is 32.2. The topological polar surface area (TPSA) is 124 Å². The monoisotopic (exact) mass is 616 g/mol. The smallest absolute Gasteiger partial charge is 0.345 e. The standard InChI is InChI=1S/C32H28N2O7S2/c1-39-30(37)26-27(31(38)40-2)43-32(42-26)21-14-12-20(13-15-21)28(35)34-25(29(36)41-18-19-8-4-3-5-9-19)16-22-17-33-24-11-7-6-10-23(22)24/h3-15,17,25,32-33H,16,18H2,1-2H3,(H,34,35)/t25-/m0/s1. The Morgan fingerprint density at radius 2 is 1.47 bits per heavy atom. The number of H-pyrrole nitrogens is 1. The van der Waals surface area contributed by atoms with Gasteiger partial charge >= 0.3 is 17.9 Å². The minimum Gasteiger partial charge on any atom is -0.465 e. The molecule has 0 spiro atoms. The number of thioether (sulfide) groups is 2. The molecule has 0 saturated carbocycles. The van der Waals surface area contributed by atoms with Crippen molar-refractivity contribution in [1.29, 1.82) is 0 Å². The lowest BCUT2D eigenvalue weighted by Gasteiger charge is -2.18. The van der Waals surface area contributed by atoms with Gasteiger partial charge in [-0.1, -0.05) is 84.2 Å². The van der Waals surface area contributed by atoms with E-state index in [9.17, 15) is 19.2 Å². The van der Waals surface area contributed by atoms with Crippen molar-refractivity contribution in [2.45, 2.75) is 23.7 Å². The van der Waals surface area contributed by atoms with Crippen LogP contribution in [0.25, 0.3) is 10.9 Å². The zero-order valence-electron chi connectivity index (χ0n) is 23.3. The van der Waals surface area contributed by atoms with Gasteiger partial charge in [-0.25, -0.2) is 14.4 Å². The fraction of sp³-hybridized carbons (Fsp3) is 0.188. The maximum atomic E-state index is 13.4. The Kier molecular flexibility index (Phi) is 9.53. The van der Waals surface area contributed by atoms with Crippen LogP contribution in [0, 0.1) is 0 Å². The van der Waals surface area contributed by atoms with E-state index < -0.39 is 29.9 Å². The number of hydrogen-bond donors (Lipinski definition) is 2. The van der Waals surface area contributed by atoms with E-state index in [1.54, 1.807) is 24.3 Å². The SMILES string of the molecule is COC(=O)C1=C(C(=O)OC)SC(c2ccc(C(=O)N[C@@H](Cc3c[nH]c4ccccc34)C(=O)OCc3ccccc3)cc2)S1. The summed E-state index contributed by atoms with van der Waals surface area (Å²) in [6.07, 6.45) is 2.06. The summed E-state index contributed by atoms with van der Waals surface area (Å²) in [4.78, 5) is 54.6. The van der Waals surface area contributed by atoms with Gasteiger partial charge in [-0.15, -0.1) is 0 Å². The summed E-state index contributed by atoms with van der Waals surface area (Å²) in [7, 11) is 2.50. The Labute approximate surface area is 256 Å². The molecule has 1 atom stereocenters. The van der Waals surface area contributed by atoms with Crippen LogP contribution in [0.3, 0.4) is 0 Å². The molecule has 11 heteroatoms. The minimum absolute atomic E-state index is 0.0838. The zero-order valence-corrected chi connectivity index (χ0v) is 25.0. The van der Waals surface area contributed by atoms with E-state index in [0.717, 1.165) is 27.6 Å². The second-order valence-electron chi connectivity index (χ2n) is 9.51. The summed E-state index contributed by atoms with van der Waals surface area (Å²) in [5.41, 5.74) is 3.76. The van der Waals surface area contributed by atoms with E-state index in [4.69, 9.17) is 14.2 Å². The van der Waals surface area contributed by atoms with Gasteiger partial charge in [0, 0.05) is 29.1 Å². The predicted molar refractivity (Wildman–Crippen MR) is 165 cm³/mol. The Bertz CT molecular complexity index is 1650. The van der Waals surface area contributed by atoms with Gasteiger partial charge in [0.05, 0.1) is 18.8 Å². The first-order valence-corrected chi connectivity index (χ1v) is 15.0. The molecule has 43 heavy (non-hydrogen) atoms. The molecule has 4 aromatic rings. The molecule has 2 heterocycles. The largest absolute Gasteiger partial charge is 0.465 e. The predicted octanol–water partition coefficient (Wildman–Crippen LogP) is 5.29. The number of methoxy groups -OCH3 is 2. The molecule has 0 saturated heterocycles. The highest BCUT2D eigenvalue weighted by molar-refractivity contribution is 8.23. The van der Waals surface area contributed by atoms with Crippen molar-refractivity contribution in [1.82, 2.24) is 10.3 Å². The summed E-state index contributed by atoms with van der Waals surface area (Å²) >= 11 is 2.37. The van der Waals surface area contributed by atoms with E-state index in [1.807, 2.05) is 60.8 Å². The van der Waals surface area contributed by atoms with Crippen LogP contribution < -0.4 is 5.32 Å². The number of aromatic amines is 1. The average Bonchev–Trinajstić information content (AvgIpc) is 3.68. The first-order chi connectivity index (χ1) is 20.9. The number of ether oxygens (including phenoxy) is 3. The van der Waals surface area contributed by atoms with Crippen molar-refractivity contribution in [3.05, 3.63) is 117 Å². The maximum absolute atomic E-state index is 13.4. The Morgan fingerprint density at radius 3 is 2.12 bits per heavy atom. The third kappa shape index (κ3) is 6.95. The zero-order chi connectivity index (χ0) is 30.3. The van der Waals surface area contributed by atoms with Crippen LogP contribution in [-0.2, 0) is 41.6 Å². The lowest BCUT2D eigenvalue weighted by atomic mass is 10.0. The normalized spacial score (nSPS) is 13.9. The second kappa shape index (κ2) is 13.7. The number of carbonyl (C=O) groups excluding carboxylic acids is 4. The summed E-state index contributed by atoms with van der Waals surface area (Å²) in [6, 6.07) is 22.9. The highest BCUT2D eigenvalue weighted by Gasteiger charge is 2.36. The van der Waals surface area contributed by atoms with Crippen LogP contribution in [0.1, 0.15) is 31.6 Å². The Morgan fingerprint density at radius 1 is 0.837 bits per heavy atom. The highest BCUT2D eigenvalue weighted by Crippen LogP contribution is 2.55. The van der Waals surface area contributed by atoms with Crippen molar-refractivity contribution in [3.63, 3.8) is 0 Å². The molecule has 1 amide bonds. The fourth-order valence-corrected chi connectivity index (χ4v) is 7.34. The molecule has 1 aromatic heterocycles. The van der Waals surface area contributed by atoms with E-state index in [2.05, 4.69) is 10.3 Å². The van der Waals surface area contributed by atoms with E-state index in [1.165, 1.54) is 37.7 Å². The quantitative estimate of drug-likeness (QED) is 0.181. The van der Waals surface area contributed by atoms with Gasteiger partial charge in [0.2, 0.25) is 0 Å². The number of hydrogen-bond acceptors (Lipinski definition) is 9. The molecular weight excluding hydrogens is 588 g/mol.